The minimum atomic E-state index is 0.0196. The van der Waals surface area contributed by atoms with Gasteiger partial charge in [-0.15, -0.1) is 11.3 Å². The van der Waals surface area contributed by atoms with Crippen LogP contribution in [0.5, 0.6) is 0 Å². The number of likely N-dealkylation sites (N-methyl/N-ethyl adjacent to an activating group) is 1. The van der Waals surface area contributed by atoms with Gasteiger partial charge in [0.2, 0.25) is 0 Å². The SMILES string of the molecule is CCN1CCN(C(=O)c2cscn2)C[C@H]1c1nccn1C. The fourth-order valence-corrected chi connectivity index (χ4v) is 3.33. The summed E-state index contributed by atoms with van der Waals surface area (Å²) in [6, 6.07) is 0.145. The molecular weight excluding hydrogens is 286 g/mol. The van der Waals surface area contributed by atoms with E-state index in [1.807, 2.05) is 34.3 Å². The minimum Gasteiger partial charge on any atom is -0.337 e. The second kappa shape index (κ2) is 5.95. The quantitative estimate of drug-likeness (QED) is 0.860. The number of nitrogens with zero attached hydrogens (tertiary/aromatic N) is 5. The first-order valence-corrected chi connectivity index (χ1v) is 8.03. The number of aryl methyl sites for hydroxylation is 1. The summed E-state index contributed by atoms with van der Waals surface area (Å²) in [5, 5.41) is 1.81. The molecule has 0 aromatic carbocycles. The molecule has 0 aliphatic carbocycles. The first-order chi connectivity index (χ1) is 10.2. The Morgan fingerprint density at radius 2 is 2.29 bits per heavy atom. The van der Waals surface area contributed by atoms with Crippen LogP contribution in [0.2, 0.25) is 0 Å². The molecule has 2 aromatic rings. The lowest BCUT2D eigenvalue weighted by atomic mass is 10.1. The van der Waals surface area contributed by atoms with Crippen LogP contribution < -0.4 is 0 Å². The van der Waals surface area contributed by atoms with Crippen molar-refractivity contribution < 1.29 is 4.79 Å². The van der Waals surface area contributed by atoms with E-state index in [2.05, 4.69) is 21.8 Å². The molecule has 0 spiro atoms. The molecule has 6 nitrogen and oxygen atoms in total. The Morgan fingerprint density at radius 3 is 2.90 bits per heavy atom. The number of hydrogen-bond donors (Lipinski definition) is 0. The normalized spacial score (nSPS) is 19.9. The van der Waals surface area contributed by atoms with Gasteiger partial charge in [-0.05, 0) is 6.54 Å². The van der Waals surface area contributed by atoms with Gasteiger partial charge in [0, 0.05) is 44.5 Å². The average molecular weight is 305 g/mol. The van der Waals surface area contributed by atoms with Crippen LogP contribution in [0.25, 0.3) is 0 Å². The number of carbonyl (C=O) groups is 1. The Morgan fingerprint density at radius 1 is 1.43 bits per heavy atom. The molecule has 1 saturated heterocycles. The van der Waals surface area contributed by atoms with Crippen molar-refractivity contribution in [2.45, 2.75) is 13.0 Å². The summed E-state index contributed by atoms with van der Waals surface area (Å²) in [7, 11) is 2.00. The van der Waals surface area contributed by atoms with Crippen molar-refractivity contribution >= 4 is 17.2 Å². The van der Waals surface area contributed by atoms with Gasteiger partial charge in [0.15, 0.2) is 0 Å². The molecule has 1 fully saturated rings. The van der Waals surface area contributed by atoms with Crippen LogP contribution in [0.15, 0.2) is 23.3 Å². The third-order valence-electron chi connectivity index (χ3n) is 3.99. The third-order valence-corrected chi connectivity index (χ3v) is 4.58. The van der Waals surface area contributed by atoms with Crippen LogP contribution in [0.1, 0.15) is 29.3 Å². The molecule has 3 heterocycles. The Hall–Kier alpha value is -1.73. The van der Waals surface area contributed by atoms with Crippen molar-refractivity contribution in [3.05, 3.63) is 34.8 Å². The lowest BCUT2D eigenvalue weighted by Crippen LogP contribution is -2.51. The molecule has 1 amide bonds. The number of amides is 1. The summed E-state index contributed by atoms with van der Waals surface area (Å²) < 4.78 is 2.03. The number of thiazole rings is 1. The molecule has 3 rings (SSSR count). The van der Waals surface area contributed by atoms with Gasteiger partial charge in [-0.1, -0.05) is 6.92 Å². The highest BCUT2D eigenvalue weighted by Crippen LogP contribution is 2.24. The molecular formula is C14H19N5OS. The summed E-state index contributed by atoms with van der Waals surface area (Å²) in [5.41, 5.74) is 2.25. The Labute approximate surface area is 128 Å². The Balaban J connectivity index is 1.81. The van der Waals surface area contributed by atoms with Gasteiger partial charge in [0.1, 0.15) is 11.5 Å². The van der Waals surface area contributed by atoms with Gasteiger partial charge in [-0.3, -0.25) is 9.69 Å². The molecule has 7 heteroatoms. The molecule has 0 unspecified atom stereocenters. The lowest BCUT2D eigenvalue weighted by molar-refractivity contribution is 0.0468. The predicted octanol–water partition coefficient (Wildman–Crippen LogP) is 1.40. The van der Waals surface area contributed by atoms with Gasteiger partial charge in [-0.25, -0.2) is 9.97 Å². The molecule has 0 N–H and O–H groups in total. The summed E-state index contributed by atoms with van der Waals surface area (Å²) >= 11 is 1.45. The van der Waals surface area contributed by atoms with E-state index in [-0.39, 0.29) is 11.9 Å². The van der Waals surface area contributed by atoms with E-state index in [9.17, 15) is 4.79 Å². The number of hydrogen-bond acceptors (Lipinski definition) is 5. The van der Waals surface area contributed by atoms with Gasteiger partial charge in [0.25, 0.3) is 5.91 Å². The highest BCUT2D eigenvalue weighted by atomic mass is 32.1. The zero-order valence-electron chi connectivity index (χ0n) is 12.3. The highest BCUT2D eigenvalue weighted by molar-refractivity contribution is 7.07. The molecule has 1 atom stereocenters. The summed E-state index contributed by atoms with van der Waals surface area (Å²) in [6.07, 6.45) is 3.76. The van der Waals surface area contributed by atoms with E-state index in [0.29, 0.717) is 12.2 Å². The number of imidazole rings is 1. The van der Waals surface area contributed by atoms with Crippen LogP contribution in [0.4, 0.5) is 0 Å². The van der Waals surface area contributed by atoms with Crippen LogP contribution in [0, 0.1) is 0 Å². The molecule has 0 radical (unpaired) electrons. The number of carbonyl (C=O) groups excluding carboxylic acids is 1. The molecule has 0 bridgehead atoms. The Bertz CT molecular complexity index is 609. The molecule has 21 heavy (non-hydrogen) atoms. The van der Waals surface area contributed by atoms with E-state index in [0.717, 1.165) is 25.5 Å². The van der Waals surface area contributed by atoms with Gasteiger partial charge in [-0.2, -0.15) is 0 Å². The first kappa shape index (κ1) is 14.2. The zero-order chi connectivity index (χ0) is 14.8. The maximum Gasteiger partial charge on any atom is 0.273 e. The second-order valence-corrected chi connectivity index (χ2v) is 5.88. The maximum absolute atomic E-state index is 12.5. The summed E-state index contributed by atoms with van der Waals surface area (Å²) in [4.78, 5) is 25.3. The second-order valence-electron chi connectivity index (χ2n) is 5.17. The summed E-state index contributed by atoms with van der Waals surface area (Å²) in [6.45, 7) is 5.37. The fourth-order valence-electron chi connectivity index (χ4n) is 2.81. The topological polar surface area (TPSA) is 54.3 Å². The zero-order valence-corrected chi connectivity index (χ0v) is 13.1. The van der Waals surface area contributed by atoms with Gasteiger partial charge in [0.05, 0.1) is 11.6 Å². The van der Waals surface area contributed by atoms with Crippen molar-refractivity contribution in [2.24, 2.45) is 7.05 Å². The lowest BCUT2D eigenvalue weighted by Gasteiger charge is -2.40. The van der Waals surface area contributed by atoms with E-state index in [1.54, 1.807) is 5.51 Å². The van der Waals surface area contributed by atoms with Crippen LogP contribution in [-0.4, -0.2) is 56.4 Å². The van der Waals surface area contributed by atoms with Crippen molar-refractivity contribution in [2.75, 3.05) is 26.2 Å². The van der Waals surface area contributed by atoms with E-state index >= 15 is 0 Å². The average Bonchev–Trinajstić information content (AvgIpc) is 3.17. The van der Waals surface area contributed by atoms with Crippen molar-refractivity contribution in [3.8, 4) is 0 Å². The largest absolute Gasteiger partial charge is 0.337 e. The monoisotopic (exact) mass is 305 g/mol. The van der Waals surface area contributed by atoms with Gasteiger partial charge < -0.3 is 9.47 Å². The van der Waals surface area contributed by atoms with Crippen LogP contribution in [-0.2, 0) is 7.05 Å². The third kappa shape index (κ3) is 2.71. The van der Waals surface area contributed by atoms with Gasteiger partial charge >= 0.3 is 0 Å². The molecule has 2 aromatic heterocycles. The summed E-state index contributed by atoms with van der Waals surface area (Å²) in [5.74, 6) is 1.03. The standard InChI is InChI=1S/C14H19N5OS/c1-3-18-6-7-19(14(20)11-9-21-10-16-11)8-12(18)13-15-4-5-17(13)2/h4-5,9-10,12H,3,6-8H2,1-2H3/t12-/m0/s1. The van der Waals surface area contributed by atoms with Crippen LogP contribution >= 0.6 is 11.3 Å². The molecule has 112 valence electrons. The molecule has 1 aliphatic heterocycles. The van der Waals surface area contributed by atoms with Crippen molar-refractivity contribution in [1.82, 2.24) is 24.3 Å². The molecule has 0 saturated carbocycles. The first-order valence-electron chi connectivity index (χ1n) is 7.09. The van der Waals surface area contributed by atoms with Crippen LogP contribution in [0.3, 0.4) is 0 Å². The predicted molar refractivity (Wildman–Crippen MR) is 81.2 cm³/mol. The van der Waals surface area contributed by atoms with E-state index in [4.69, 9.17) is 0 Å². The highest BCUT2D eigenvalue weighted by Gasteiger charge is 2.32. The van der Waals surface area contributed by atoms with E-state index in [1.165, 1.54) is 11.3 Å². The fraction of sp³-hybridized carbons (Fsp3) is 0.500. The van der Waals surface area contributed by atoms with Crippen molar-refractivity contribution in [3.63, 3.8) is 0 Å². The smallest absolute Gasteiger partial charge is 0.273 e. The Kier molecular flexibility index (Phi) is 4.03. The molecule has 1 aliphatic rings. The van der Waals surface area contributed by atoms with E-state index < -0.39 is 0 Å². The maximum atomic E-state index is 12.5. The number of rotatable bonds is 3. The van der Waals surface area contributed by atoms with Crippen molar-refractivity contribution in [1.29, 1.82) is 0 Å². The number of aromatic nitrogens is 3. The number of piperazine rings is 1. The minimum absolute atomic E-state index is 0.0196.